The van der Waals surface area contributed by atoms with Gasteiger partial charge in [0.25, 0.3) is 0 Å². The lowest BCUT2D eigenvalue weighted by molar-refractivity contribution is -0.671. The summed E-state index contributed by atoms with van der Waals surface area (Å²) >= 11 is 0. The van der Waals surface area contributed by atoms with Gasteiger partial charge in [-0.15, -0.1) is 0 Å². The maximum Gasteiger partial charge on any atom is 0.243 e. The van der Waals surface area contributed by atoms with Crippen molar-refractivity contribution in [2.24, 2.45) is 7.05 Å². The first kappa shape index (κ1) is 14.8. The van der Waals surface area contributed by atoms with E-state index in [1.54, 1.807) is 0 Å². The molecule has 3 aromatic rings. The number of hydrogen-bond donors (Lipinski definition) is 0. The molecule has 3 nitrogen and oxygen atoms in total. The van der Waals surface area contributed by atoms with Gasteiger partial charge in [-0.2, -0.15) is 0 Å². The number of benzene rings is 2. The molecule has 0 unspecified atom stereocenters. The van der Waals surface area contributed by atoms with Gasteiger partial charge in [-0.25, -0.2) is 9.13 Å². The second kappa shape index (κ2) is 6.33. The molecule has 0 N–H and O–H groups in total. The minimum Gasteiger partial charge on any atom is -0.313 e. The maximum atomic E-state index is 13.8. The van der Waals surface area contributed by atoms with E-state index in [0.29, 0.717) is 6.16 Å². The maximum absolute atomic E-state index is 13.8. The summed E-state index contributed by atoms with van der Waals surface area (Å²) in [5, 5.41) is 1.86. The van der Waals surface area contributed by atoms with E-state index in [9.17, 15) is 4.57 Å². The van der Waals surface area contributed by atoms with E-state index < -0.39 is 7.14 Å². The fourth-order valence-electron chi connectivity index (χ4n) is 2.64. The van der Waals surface area contributed by atoms with Gasteiger partial charge >= 0.3 is 0 Å². The molecule has 22 heavy (non-hydrogen) atoms. The van der Waals surface area contributed by atoms with E-state index in [0.717, 1.165) is 17.2 Å². The van der Waals surface area contributed by atoms with Crippen LogP contribution < -0.4 is 15.2 Å². The lowest BCUT2D eigenvalue weighted by atomic mass is 10.4. The van der Waals surface area contributed by atoms with Crippen molar-refractivity contribution < 1.29 is 9.13 Å². The first-order valence-electron chi connectivity index (χ1n) is 7.40. The van der Waals surface area contributed by atoms with Gasteiger partial charge in [0.05, 0.1) is 13.6 Å². The van der Waals surface area contributed by atoms with Crippen LogP contribution >= 0.6 is 7.14 Å². The molecule has 0 radical (unpaired) electrons. The first-order valence-corrected chi connectivity index (χ1v) is 9.29. The highest BCUT2D eigenvalue weighted by Gasteiger charge is 2.27. The molecular formula is C18H20N2OP+. The number of nitrogens with zero attached hydrogens (tertiary/aromatic N) is 2. The number of imidazole rings is 1. The molecule has 112 valence electrons. The smallest absolute Gasteiger partial charge is 0.243 e. The lowest BCUT2D eigenvalue weighted by Crippen LogP contribution is -2.24. The Morgan fingerprint density at radius 2 is 1.50 bits per heavy atom. The summed E-state index contributed by atoms with van der Waals surface area (Å²) in [4.78, 5) is 0. The standard InChI is InChI=1S/C18H20N2OP/c1-19-12-13-20(16-19)14-15-22(21,17-8-4-2-5-9-17)18-10-6-3-7-11-18/h2-13,16H,14-15H2,1H3/q+1. The summed E-state index contributed by atoms with van der Waals surface area (Å²) < 4.78 is 17.9. The highest BCUT2D eigenvalue weighted by molar-refractivity contribution is 7.78. The SMILES string of the molecule is C[n+]1ccn(CCP(=O)(c2ccccc2)c2ccccc2)c1. The molecule has 0 aliphatic heterocycles. The second-order valence-corrected chi connectivity index (χ2v) is 8.41. The minimum absolute atomic E-state index is 0.621. The summed E-state index contributed by atoms with van der Waals surface area (Å²) in [5.41, 5.74) is 0. The highest BCUT2D eigenvalue weighted by atomic mass is 31.2. The molecule has 0 aliphatic rings. The van der Waals surface area contributed by atoms with Crippen molar-refractivity contribution in [3.63, 3.8) is 0 Å². The van der Waals surface area contributed by atoms with E-state index in [-0.39, 0.29) is 0 Å². The Kier molecular flexibility index (Phi) is 4.26. The predicted octanol–water partition coefficient (Wildman–Crippen LogP) is 2.33. The molecule has 0 aliphatic carbocycles. The average Bonchev–Trinajstić information content (AvgIpc) is 3.00. The van der Waals surface area contributed by atoms with Crippen molar-refractivity contribution in [3.8, 4) is 0 Å². The lowest BCUT2D eigenvalue weighted by Gasteiger charge is -2.18. The predicted molar refractivity (Wildman–Crippen MR) is 90.2 cm³/mol. The summed E-state index contributed by atoms with van der Waals surface area (Å²) in [6.07, 6.45) is 6.65. The molecule has 1 aromatic heterocycles. The van der Waals surface area contributed by atoms with Crippen molar-refractivity contribution in [2.75, 3.05) is 6.16 Å². The van der Waals surface area contributed by atoms with Crippen LogP contribution in [0.15, 0.2) is 79.4 Å². The van der Waals surface area contributed by atoms with E-state index >= 15 is 0 Å². The number of aromatic nitrogens is 2. The third-order valence-electron chi connectivity index (χ3n) is 3.84. The Hall–Kier alpha value is -2.12. The van der Waals surface area contributed by atoms with Gasteiger partial charge < -0.3 is 4.57 Å². The molecule has 0 atom stereocenters. The molecule has 0 bridgehead atoms. The molecule has 0 amide bonds. The molecule has 3 rings (SSSR count). The van der Waals surface area contributed by atoms with Gasteiger partial charge in [0.15, 0.2) is 0 Å². The molecule has 0 fully saturated rings. The van der Waals surface area contributed by atoms with E-state index in [2.05, 4.69) is 4.57 Å². The number of aryl methyl sites for hydroxylation is 2. The largest absolute Gasteiger partial charge is 0.313 e. The molecule has 4 heteroatoms. The second-order valence-electron chi connectivity index (χ2n) is 5.45. The zero-order valence-electron chi connectivity index (χ0n) is 12.7. The summed E-state index contributed by atoms with van der Waals surface area (Å²) in [6.45, 7) is 0.738. The molecule has 0 spiro atoms. The molecule has 2 aromatic carbocycles. The van der Waals surface area contributed by atoms with Crippen LogP contribution in [-0.4, -0.2) is 10.7 Å². The summed E-state index contributed by atoms with van der Waals surface area (Å²) in [5.74, 6) is 0. The van der Waals surface area contributed by atoms with Crippen LogP contribution in [0.1, 0.15) is 0 Å². The van der Waals surface area contributed by atoms with E-state index in [4.69, 9.17) is 0 Å². The van der Waals surface area contributed by atoms with Crippen molar-refractivity contribution in [2.45, 2.75) is 6.54 Å². The molecular weight excluding hydrogens is 291 g/mol. The van der Waals surface area contributed by atoms with E-state index in [1.807, 2.05) is 91.0 Å². The molecule has 0 saturated carbocycles. The average molecular weight is 311 g/mol. The third kappa shape index (κ3) is 3.05. The van der Waals surface area contributed by atoms with Gasteiger partial charge in [0.1, 0.15) is 19.5 Å². The number of hydrogen-bond acceptors (Lipinski definition) is 1. The van der Waals surface area contributed by atoms with Gasteiger partial charge in [0.2, 0.25) is 6.33 Å². The molecule has 1 heterocycles. The van der Waals surface area contributed by atoms with Crippen LogP contribution in [0.4, 0.5) is 0 Å². The topological polar surface area (TPSA) is 25.9 Å². The fourth-order valence-corrected chi connectivity index (χ4v) is 5.27. The van der Waals surface area contributed by atoms with Crippen molar-refractivity contribution in [1.29, 1.82) is 0 Å². The Morgan fingerprint density at radius 3 is 1.95 bits per heavy atom. The van der Waals surface area contributed by atoms with Gasteiger partial charge in [-0.05, 0) is 0 Å². The first-order chi connectivity index (χ1) is 10.7. The van der Waals surface area contributed by atoms with Crippen LogP contribution in [0, 0.1) is 0 Å². The Balaban J connectivity index is 1.95. The van der Waals surface area contributed by atoms with Gasteiger partial charge in [-0.1, -0.05) is 60.7 Å². The van der Waals surface area contributed by atoms with Crippen LogP contribution in [0.25, 0.3) is 0 Å². The zero-order chi connectivity index (χ0) is 15.4. The Bertz CT molecular complexity index is 738. The summed E-state index contributed by atoms with van der Waals surface area (Å²) in [7, 11) is -0.620. The normalized spacial score (nSPS) is 11.5. The van der Waals surface area contributed by atoms with Crippen molar-refractivity contribution in [3.05, 3.63) is 79.4 Å². The third-order valence-corrected chi connectivity index (χ3v) is 6.94. The van der Waals surface area contributed by atoms with Gasteiger partial charge in [0, 0.05) is 16.8 Å². The van der Waals surface area contributed by atoms with Crippen LogP contribution in [-0.2, 0) is 18.2 Å². The van der Waals surface area contributed by atoms with Gasteiger partial charge in [-0.3, -0.25) is 0 Å². The fraction of sp³-hybridized carbons (Fsp3) is 0.167. The van der Waals surface area contributed by atoms with Crippen LogP contribution in [0.5, 0.6) is 0 Å². The van der Waals surface area contributed by atoms with Crippen LogP contribution in [0.3, 0.4) is 0 Å². The zero-order valence-corrected chi connectivity index (χ0v) is 13.6. The number of rotatable bonds is 5. The monoisotopic (exact) mass is 311 g/mol. The van der Waals surface area contributed by atoms with E-state index in [1.165, 1.54) is 0 Å². The Morgan fingerprint density at radius 1 is 0.955 bits per heavy atom. The van der Waals surface area contributed by atoms with Crippen molar-refractivity contribution in [1.82, 2.24) is 4.57 Å². The summed E-state index contributed by atoms with van der Waals surface area (Å²) in [6, 6.07) is 19.7. The molecule has 0 saturated heterocycles. The quantitative estimate of drug-likeness (QED) is 0.524. The Labute approximate surface area is 131 Å². The van der Waals surface area contributed by atoms with Crippen LogP contribution in [0.2, 0.25) is 0 Å². The highest BCUT2D eigenvalue weighted by Crippen LogP contribution is 2.43. The minimum atomic E-state index is -2.61. The van der Waals surface area contributed by atoms with Crippen molar-refractivity contribution >= 4 is 17.8 Å².